The molecule has 1 atom stereocenters. The molecule has 0 spiro atoms. The summed E-state index contributed by atoms with van der Waals surface area (Å²) in [6, 6.07) is 9.69. The summed E-state index contributed by atoms with van der Waals surface area (Å²) in [7, 11) is 0. The lowest BCUT2D eigenvalue weighted by atomic mass is 10.1. The average molecular weight is 300 g/mol. The van der Waals surface area contributed by atoms with Crippen LogP contribution in [0.3, 0.4) is 0 Å². The van der Waals surface area contributed by atoms with E-state index in [0.29, 0.717) is 19.0 Å². The summed E-state index contributed by atoms with van der Waals surface area (Å²) >= 11 is 0. The van der Waals surface area contributed by atoms with Gasteiger partial charge in [-0.2, -0.15) is 5.10 Å². The zero-order valence-electron chi connectivity index (χ0n) is 12.4. The largest absolute Gasteiger partial charge is 0.381 e. The molecule has 0 aliphatic carbocycles. The Morgan fingerprint density at radius 2 is 2.18 bits per heavy atom. The lowest BCUT2D eigenvalue weighted by Gasteiger charge is -2.11. The number of nitrogens with one attached hydrogen (secondary N) is 2. The monoisotopic (exact) mass is 300 g/mol. The topological polar surface area (TPSA) is 68.2 Å². The number of benzene rings is 1. The second-order valence-electron chi connectivity index (χ2n) is 5.41. The van der Waals surface area contributed by atoms with Crippen molar-refractivity contribution in [3.05, 3.63) is 48.3 Å². The zero-order valence-corrected chi connectivity index (χ0v) is 12.4. The van der Waals surface area contributed by atoms with E-state index in [9.17, 15) is 4.79 Å². The number of ether oxygens (including phenoxy) is 1. The Morgan fingerprint density at radius 1 is 1.32 bits per heavy atom. The van der Waals surface area contributed by atoms with Crippen LogP contribution in [0.15, 0.2) is 42.7 Å². The first kappa shape index (κ1) is 14.6. The Hall–Kier alpha value is -2.34. The fraction of sp³-hybridized carbons (Fsp3) is 0.375. The molecule has 1 aromatic heterocycles. The molecule has 3 rings (SSSR count). The lowest BCUT2D eigenvalue weighted by molar-refractivity contribution is 0.185. The van der Waals surface area contributed by atoms with Crippen LogP contribution in [-0.4, -0.2) is 35.6 Å². The van der Waals surface area contributed by atoms with E-state index < -0.39 is 0 Å². The van der Waals surface area contributed by atoms with Gasteiger partial charge < -0.3 is 15.4 Å². The molecule has 1 aliphatic rings. The number of amides is 2. The van der Waals surface area contributed by atoms with E-state index in [1.807, 2.05) is 36.5 Å². The van der Waals surface area contributed by atoms with Crippen molar-refractivity contribution in [2.24, 2.45) is 5.92 Å². The molecule has 1 aromatic carbocycles. The van der Waals surface area contributed by atoms with Crippen LogP contribution >= 0.6 is 0 Å². The van der Waals surface area contributed by atoms with Gasteiger partial charge in [0, 0.05) is 38.0 Å². The van der Waals surface area contributed by atoms with E-state index in [4.69, 9.17) is 4.74 Å². The SMILES string of the molecule is O=C(NCc1ccc(-n2cccn2)cc1)NC[C@@H]1CCOC1. The van der Waals surface area contributed by atoms with Gasteiger partial charge in [-0.25, -0.2) is 9.48 Å². The summed E-state index contributed by atoms with van der Waals surface area (Å²) in [4.78, 5) is 11.7. The summed E-state index contributed by atoms with van der Waals surface area (Å²) in [5, 5.41) is 9.93. The van der Waals surface area contributed by atoms with Gasteiger partial charge in [0.1, 0.15) is 0 Å². The van der Waals surface area contributed by atoms with E-state index in [1.165, 1.54) is 0 Å². The first-order valence-electron chi connectivity index (χ1n) is 7.49. The predicted octanol–water partition coefficient (Wildman–Crippen LogP) is 1.71. The minimum absolute atomic E-state index is 0.136. The highest BCUT2D eigenvalue weighted by Gasteiger charge is 2.15. The number of carbonyl (C=O) groups excluding carboxylic acids is 1. The van der Waals surface area contributed by atoms with Crippen LogP contribution in [0.25, 0.3) is 5.69 Å². The van der Waals surface area contributed by atoms with Gasteiger partial charge >= 0.3 is 6.03 Å². The van der Waals surface area contributed by atoms with Gasteiger partial charge in [-0.15, -0.1) is 0 Å². The quantitative estimate of drug-likeness (QED) is 0.883. The Kier molecular flexibility index (Phi) is 4.70. The molecular weight excluding hydrogens is 280 g/mol. The third-order valence-electron chi connectivity index (χ3n) is 3.73. The maximum atomic E-state index is 11.7. The first-order valence-corrected chi connectivity index (χ1v) is 7.49. The fourth-order valence-corrected chi connectivity index (χ4v) is 2.41. The molecule has 1 aliphatic heterocycles. The van der Waals surface area contributed by atoms with Gasteiger partial charge in [0.05, 0.1) is 12.3 Å². The molecule has 1 saturated heterocycles. The molecule has 0 bridgehead atoms. The third-order valence-corrected chi connectivity index (χ3v) is 3.73. The average Bonchev–Trinajstić information content (AvgIpc) is 3.24. The van der Waals surface area contributed by atoms with Crippen molar-refractivity contribution in [2.45, 2.75) is 13.0 Å². The van der Waals surface area contributed by atoms with Crippen LogP contribution < -0.4 is 10.6 Å². The Morgan fingerprint density at radius 3 is 2.86 bits per heavy atom. The predicted molar refractivity (Wildman–Crippen MR) is 82.7 cm³/mol. The minimum atomic E-state index is -0.136. The van der Waals surface area contributed by atoms with Crippen LogP contribution in [0.1, 0.15) is 12.0 Å². The first-order chi connectivity index (χ1) is 10.8. The highest BCUT2D eigenvalue weighted by molar-refractivity contribution is 5.73. The van der Waals surface area contributed by atoms with Crippen LogP contribution in [0, 0.1) is 5.92 Å². The maximum absolute atomic E-state index is 11.7. The highest BCUT2D eigenvalue weighted by Crippen LogP contribution is 2.10. The number of hydrogen-bond donors (Lipinski definition) is 2. The Labute approximate surface area is 129 Å². The second-order valence-corrected chi connectivity index (χ2v) is 5.41. The third kappa shape index (κ3) is 3.85. The molecule has 1 fully saturated rings. The Balaban J connectivity index is 1.43. The lowest BCUT2D eigenvalue weighted by Crippen LogP contribution is -2.38. The van der Waals surface area contributed by atoms with E-state index in [2.05, 4.69) is 15.7 Å². The number of hydrogen-bond acceptors (Lipinski definition) is 3. The Bertz CT molecular complexity index is 589. The van der Waals surface area contributed by atoms with Gasteiger partial charge in [0.25, 0.3) is 0 Å². The van der Waals surface area contributed by atoms with Crippen LogP contribution in [-0.2, 0) is 11.3 Å². The number of nitrogens with zero attached hydrogens (tertiary/aromatic N) is 2. The van der Waals surface area contributed by atoms with Crippen molar-refractivity contribution in [3.8, 4) is 5.69 Å². The van der Waals surface area contributed by atoms with Crippen LogP contribution in [0.4, 0.5) is 4.79 Å². The number of aromatic nitrogens is 2. The standard InChI is InChI=1S/C16H20N4O2/c21-16(18-11-14-6-9-22-12-14)17-10-13-2-4-15(5-3-13)20-8-1-7-19-20/h1-5,7-8,14H,6,9-12H2,(H2,17,18,21)/t14-/m0/s1. The molecular formula is C16H20N4O2. The fourth-order valence-electron chi connectivity index (χ4n) is 2.41. The zero-order chi connectivity index (χ0) is 15.2. The van der Waals surface area contributed by atoms with Crippen molar-refractivity contribution in [1.82, 2.24) is 20.4 Å². The molecule has 116 valence electrons. The van der Waals surface area contributed by atoms with Gasteiger partial charge in [0.15, 0.2) is 0 Å². The molecule has 22 heavy (non-hydrogen) atoms. The molecule has 2 amide bonds. The molecule has 2 aromatic rings. The molecule has 0 radical (unpaired) electrons. The normalized spacial score (nSPS) is 17.4. The molecule has 6 nitrogen and oxygen atoms in total. The van der Waals surface area contributed by atoms with Gasteiger partial charge in [-0.05, 0) is 30.2 Å². The number of rotatable bonds is 5. The van der Waals surface area contributed by atoms with E-state index in [1.54, 1.807) is 10.9 Å². The summed E-state index contributed by atoms with van der Waals surface area (Å²) in [6.07, 6.45) is 4.66. The summed E-state index contributed by atoms with van der Waals surface area (Å²) in [5.41, 5.74) is 2.05. The van der Waals surface area contributed by atoms with Crippen LogP contribution in [0.2, 0.25) is 0 Å². The van der Waals surface area contributed by atoms with Crippen molar-refractivity contribution in [2.75, 3.05) is 19.8 Å². The smallest absolute Gasteiger partial charge is 0.315 e. The summed E-state index contributed by atoms with van der Waals surface area (Å²) in [5.74, 6) is 0.444. The van der Waals surface area contributed by atoms with Gasteiger partial charge in [-0.3, -0.25) is 0 Å². The second kappa shape index (κ2) is 7.09. The molecule has 2 N–H and O–H groups in total. The van der Waals surface area contributed by atoms with E-state index in [-0.39, 0.29) is 6.03 Å². The number of carbonyl (C=O) groups is 1. The molecule has 0 unspecified atom stereocenters. The van der Waals surface area contributed by atoms with E-state index >= 15 is 0 Å². The minimum Gasteiger partial charge on any atom is -0.381 e. The van der Waals surface area contributed by atoms with Crippen molar-refractivity contribution >= 4 is 6.03 Å². The molecule has 2 heterocycles. The van der Waals surface area contributed by atoms with Gasteiger partial charge in [-0.1, -0.05) is 12.1 Å². The highest BCUT2D eigenvalue weighted by atomic mass is 16.5. The van der Waals surface area contributed by atoms with E-state index in [0.717, 1.165) is 30.9 Å². The summed E-state index contributed by atoms with van der Waals surface area (Å²) in [6.45, 7) is 2.72. The maximum Gasteiger partial charge on any atom is 0.315 e. The number of urea groups is 1. The van der Waals surface area contributed by atoms with Crippen molar-refractivity contribution < 1.29 is 9.53 Å². The van der Waals surface area contributed by atoms with Crippen molar-refractivity contribution in [1.29, 1.82) is 0 Å². The van der Waals surface area contributed by atoms with Gasteiger partial charge in [0.2, 0.25) is 0 Å². The summed E-state index contributed by atoms with van der Waals surface area (Å²) < 4.78 is 7.08. The van der Waals surface area contributed by atoms with Crippen molar-refractivity contribution in [3.63, 3.8) is 0 Å². The molecule has 0 saturated carbocycles. The molecule has 6 heteroatoms. The van der Waals surface area contributed by atoms with Crippen LogP contribution in [0.5, 0.6) is 0 Å².